The Kier molecular flexibility index (Phi) is 8.60. The van der Waals surface area contributed by atoms with Gasteiger partial charge >= 0.3 is 12.1 Å². The van der Waals surface area contributed by atoms with Gasteiger partial charge in [0.25, 0.3) is 0 Å². The van der Waals surface area contributed by atoms with Crippen LogP contribution in [0.2, 0.25) is 5.02 Å². The monoisotopic (exact) mass is 545 g/mol. The maximum atomic E-state index is 12.0. The van der Waals surface area contributed by atoms with E-state index < -0.39 is 12.1 Å². The van der Waals surface area contributed by atoms with Crippen LogP contribution in [0, 0.1) is 5.92 Å². The Labute approximate surface area is 213 Å². The van der Waals surface area contributed by atoms with Gasteiger partial charge in [-0.2, -0.15) is 28.2 Å². The highest BCUT2D eigenvalue weighted by Crippen LogP contribution is 2.32. The van der Waals surface area contributed by atoms with Gasteiger partial charge in [0.2, 0.25) is 17.7 Å². The van der Waals surface area contributed by atoms with Crippen LogP contribution in [0.15, 0.2) is 31.2 Å². The van der Waals surface area contributed by atoms with Crippen LogP contribution in [-0.2, 0) is 21.4 Å². The Morgan fingerprint density at radius 3 is 2.65 bits per heavy atom. The Bertz CT molecular complexity index is 1280. The minimum Gasteiger partial charge on any atom is -0.477 e. The van der Waals surface area contributed by atoms with Gasteiger partial charge in [-0.3, -0.25) is 9.48 Å². The number of methoxy groups -OCH3 is 1. The summed E-state index contributed by atoms with van der Waals surface area (Å²) >= 11 is 6.31. The number of fused-ring (bicyclic) bond motifs is 1. The lowest BCUT2D eigenvalue weighted by atomic mass is 10.1. The third-order valence-electron chi connectivity index (χ3n) is 5.26. The molecule has 1 aliphatic rings. The predicted molar refractivity (Wildman–Crippen MR) is 126 cm³/mol. The summed E-state index contributed by atoms with van der Waals surface area (Å²) in [5, 5.41) is 15.4. The molecule has 3 aromatic heterocycles. The van der Waals surface area contributed by atoms with Gasteiger partial charge < -0.3 is 29.8 Å². The molecule has 1 amide bonds. The first-order valence-corrected chi connectivity index (χ1v) is 11.0. The summed E-state index contributed by atoms with van der Waals surface area (Å²) in [4.78, 5) is 34.5. The number of aliphatic carboxylic acids is 1. The fourth-order valence-electron chi connectivity index (χ4n) is 3.50. The fourth-order valence-corrected chi connectivity index (χ4v) is 3.73. The molecule has 12 nitrogen and oxygen atoms in total. The first-order chi connectivity index (χ1) is 17.4. The molecule has 0 bridgehead atoms. The number of likely N-dealkylation sites (tertiary alicyclic amines) is 1. The first-order valence-electron chi connectivity index (χ1n) is 10.6. The molecule has 1 fully saturated rings. The van der Waals surface area contributed by atoms with Crippen molar-refractivity contribution < 1.29 is 37.3 Å². The number of carbonyl (C=O) groups excluding carboxylic acids is 1. The van der Waals surface area contributed by atoms with Crippen molar-refractivity contribution >= 4 is 46.1 Å². The average Bonchev–Trinajstić information content (AvgIpc) is 3.55. The van der Waals surface area contributed by atoms with Crippen molar-refractivity contribution in [1.82, 2.24) is 29.6 Å². The molecule has 0 spiro atoms. The third-order valence-corrected chi connectivity index (χ3v) is 5.56. The Morgan fingerprint density at radius 2 is 2.08 bits per heavy atom. The van der Waals surface area contributed by atoms with Crippen molar-refractivity contribution in [2.45, 2.75) is 12.3 Å². The number of hydrogen-bond donors (Lipinski definition) is 3. The number of hydrogen-bond acceptors (Lipinski definition) is 8. The number of halogens is 4. The van der Waals surface area contributed by atoms with E-state index in [-0.39, 0.29) is 17.9 Å². The zero-order valence-corrected chi connectivity index (χ0v) is 20.4. The van der Waals surface area contributed by atoms with E-state index in [0.717, 1.165) is 5.69 Å². The van der Waals surface area contributed by atoms with Crippen LogP contribution in [-0.4, -0.2) is 85.7 Å². The van der Waals surface area contributed by atoms with Gasteiger partial charge in [-0.25, -0.2) is 4.79 Å². The molecule has 2 atom stereocenters. The summed E-state index contributed by atoms with van der Waals surface area (Å²) in [6, 6.07) is 0. The molecular weight excluding hydrogens is 523 g/mol. The van der Waals surface area contributed by atoms with E-state index in [1.807, 2.05) is 13.2 Å². The fraction of sp³-hybridized carbons (Fsp3) is 0.381. The van der Waals surface area contributed by atoms with Crippen LogP contribution >= 0.6 is 11.6 Å². The molecule has 0 unspecified atom stereocenters. The Morgan fingerprint density at radius 1 is 1.38 bits per heavy atom. The maximum absolute atomic E-state index is 12.0. The highest BCUT2D eigenvalue weighted by molar-refractivity contribution is 6.35. The zero-order chi connectivity index (χ0) is 27.3. The molecule has 1 aliphatic heterocycles. The van der Waals surface area contributed by atoms with Crippen molar-refractivity contribution in [2.75, 3.05) is 32.1 Å². The lowest BCUT2D eigenvalue weighted by Crippen LogP contribution is -2.28. The van der Waals surface area contributed by atoms with E-state index in [0.29, 0.717) is 47.6 Å². The van der Waals surface area contributed by atoms with Crippen molar-refractivity contribution in [3.8, 4) is 5.88 Å². The summed E-state index contributed by atoms with van der Waals surface area (Å²) in [7, 11) is 3.45. The summed E-state index contributed by atoms with van der Waals surface area (Å²) in [6.07, 6.45) is 1.20. The van der Waals surface area contributed by atoms with Gasteiger partial charge in [0.15, 0.2) is 0 Å². The molecule has 4 rings (SSSR count). The second kappa shape index (κ2) is 11.5. The second-order valence-corrected chi connectivity index (χ2v) is 8.24. The standard InChI is InChI=1S/C19H22ClN7O3.C2HF3O2/c1-4-15(28)27-7-11(14(9-27)29-3)10-30-18-16-13(20)6-21-17(16)24-19(25-18)23-12-5-22-26(2)8-12;3-2(4,5)1(6)7/h4-6,8,11,14H,1,7,9-10H2,2-3H3,(H2,21,23,24,25);(H,6,7)/t11-,14+;/m1./s1. The highest BCUT2D eigenvalue weighted by Gasteiger charge is 2.38. The van der Waals surface area contributed by atoms with Crippen LogP contribution in [0.3, 0.4) is 0 Å². The molecule has 0 radical (unpaired) electrons. The van der Waals surface area contributed by atoms with E-state index >= 15 is 0 Å². The molecule has 4 heterocycles. The lowest BCUT2D eigenvalue weighted by Gasteiger charge is -2.17. The number of carboxylic acid groups (broad SMARTS) is 1. The van der Waals surface area contributed by atoms with Crippen LogP contribution in [0.5, 0.6) is 5.88 Å². The van der Waals surface area contributed by atoms with E-state index in [2.05, 4.69) is 31.9 Å². The number of aromatic nitrogens is 5. The Balaban J connectivity index is 0.000000479. The van der Waals surface area contributed by atoms with E-state index in [1.54, 1.807) is 29.1 Å². The van der Waals surface area contributed by atoms with Crippen LogP contribution in [0.4, 0.5) is 24.8 Å². The molecule has 0 saturated carbocycles. The number of carbonyl (C=O) groups is 2. The van der Waals surface area contributed by atoms with Crippen molar-refractivity contribution in [2.24, 2.45) is 13.0 Å². The molecule has 0 aromatic carbocycles. The Hall–Kier alpha value is -3.85. The molecule has 37 heavy (non-hydrogen) atoms. The van der Waals surface area contributed by atoms with Crippen molar-refractivity contribution in [3.63, 3.8) is 0 Å². The van der Waals surface area contributed by atoms with Crippen molar-refractivity contribution in [1.29, 1.82) is 0 Å². The van der Waals surface area contributed by atoms with Gasteiger partial charge in [-0.05, 0) is 6.08 Å². The molecule has 3 N–H and O–H groups in total. The predicted octanol–water partition coefficient (Wildman–Crippen LogP) is 2.76. The minimum absolute atomic E-state index is 0.0173. The quantitative estimate of drug-likeness (QED) is 0.381. The van der Waals surface area contributed by atoms with Gasteiger partial charge in [0.1, 0.15) is 5.65 Å². The number of nitrogens with zero attached hydrogens (tertiary/aromatic N) is 5. The van der Waals surface area contributed by atoms with Gasteiger partial charge in [-0.1, -0.05) is 18.2 Å². The number of aromatic amines is 1. The van der Waals surface area contributed by atoms with Crippen LogP contribution in [0.1, 0.15) is 0 Å². The topological polar surface area (TPSA) is 147 Å². The number of H-pyrrole nitrogens is 1. The number of amides is 1. The number of rotatable bonds is 7. The number of nitrogens with one attached hydrogen (secondary N) is 2. The van der Waals surface area contributed by atoms with Crippen LogP contribution in [0.25, 0.3) is 11.0 Å². The maximum Gasteiger partial charge on any atom is 0.490 e. The van der Waals surface area contributed by atoms with Crippen LogP contribution < -0.4 is 10.1 Å². The van der Waals surface area contributed by atoms with E-state index in [4.69, 9.17) is 31.0 Å². The summed E-state index contributed by atoms with van der Waals surface area (Å²) in [6.45, 7) is 4.86. The second-order valence-electron chi connectivity index (χ2n) is 7.84. The van der Waals surface area contributed by atoms with E-state index in [1.165, 1.54) is 6.08 Å². The molecule has 200 valence electrons. The van der Waals surface area contributed by atoms with Gasteiger partial charge in [0.05, 0.1) is 35.0 Å². The third kappa shape index (κ3) is 6.89. The molecule has 1 saturated heterocycles. The number of aryl methyl sites for hydroxylation is 1. The number of carboxylic acids is 1. The number of alkyl halides is 3. The molecular formula is C21H23ClF3N7O5. The largest absolute Gasteiger partial charge is 0.490 e. The van der Waals surface area contributed by atoms with Gasteiger partial charge in [-0.15, -0.1) is 0 Å². The zero-order valence-electron chi connectivity index (χ0n) is 19.6. The smallest absolute Gasteiger partial charge is 0.477 e. The summed E-state index contributed by atoms with van der Waals surface area (Å²) < 4.78 is 45.0. The molecule has 16 heteroatoms. The molecule has 0 aliphatic carbocycles. The normalized spacial score (nSPS) is 17.3. The minimum atomic E-state index is -5.08. The first kappa shape index (κ1) is 27.7. The molecule has 3 aromatic rings. The van der Waals surface area contributed by atoms with Crippen molar-refractivity contribution in [3.05, 3.63) is 36.3 Å². The number of anilines is 2. The number of ether oxygens (including phenoxy) is 2. The van der Waals surface area contributed by atoms with Gasteiger partial charge in [0, 0.05) is 45.6 Å². The average molecular weight is 546 g/mol. The SMILES string of the molecule is C=CC(=O)N1C[C@H](COc2nc(Nc3cnn(C)c3)nc3[nH]cc(Cl)c23)[C@@H](OC)C1.O=C(O)C(F)(F)F. The lowest BCUT2D eigenvalue weighted by molar-refractivity contribution is -0.192. The summed E-state index contributed by atoms with van der Waals surface area (Å²) in [5.41, 5.74) is 1.30. The van der Waals surface area contributed by atoms with E-state index in [9.17, 15) is 18.0 Å². The summed E-state index contributed by atoms with van der Waals surface area (Å²) in [5.74, 6) is -2.20. The highest BCUT2D eigenvalue weighted by atomic mass is 35.5.